The Kier molecular flexibility index (Phi) is 6.01. The molecule has 28 heavy (non-hydrogen) atoms. The van der Waals surface area contributed by atoms with E-state index in [1.165, 1.54) is 6.92 Å². The summed E-state index contributed by atoms with van der Waals surface area (Å²) in [5.74, 6) is -0.374. The fraction of sp³-hybridized carbons (Fsp3) is 0.136. The number of pyridine rings is 1. The Labute approximate surface area is 164 Å². The molecule has 0 aliphatic rings. The first-order valence-corrected chi connectivity index (χ1v) is 9.05. The summed E-state index contributed by atoms with van der Waals surface area (Å²) >= 11 is 0. The molecular formula is C22H22N4O2. The maximum Gasteiger partial charge on any atom is 0.274 e. The van der Waals surface area contributed by atoms with Gasteiger partial charge in [-0.1, -0.05) is 25.1 Å². The number of benzene rings is 2. The molecule has 1 aromatic heterocycles. The zero-order valence-corrected chi connectivity index (χ0v) is 15.8. The summed E-state index contributed by atoms with van der Waals surface area (Å²) in [6, 6.07) is 18.5. The van der Waals surface area contributed by atoms with E-state index in [2.05, 4.69) is 20.9 Å². The number of nitrogens with one attached hydrogen (secondary N) is 3. The number of carbonyl (C=O) groups is 2. The van der Waals surface area contributed by atoms with Crippen LogP contribution in [0.3, 0.4) is 0 Å². The van der Waals surface area contributed by atoms with Crippen LogP contribution in [0.15, 0.2) is 66.9 Å². The summed E-state index contributed by atoms with van der Waals surface area (Å²) in [5.41, 5.74) is 4.50. The smallest absolute Gasteiger partial charge is 0.274 e. The molecule has 0 saturated heterocycles. The van der Waals surface area contributed by atoms with Crippen molar-refractivity contribution in [2.24, 2.45) is 0 Å². The van der Waals surface area contributed by atoms with E-state index < -0.39 is 0 Å². The Bertz CT molecular complexity index is 984. The standard InChI is InChI=1S/C22H22N4O2/c1-3-16-6-4-5-7-20(16)26-22(28)21-14-19(12-13-23-21)25-18-10-8-17(9-11-18)24-15(2)27/h4-14H,3H2,1-2H3,(H,23,25)(H,24,27)(H,26,28). The second-order valence-corrected chi connectivity index (χ2v) is 6.28. The van der Waals surface area contributed by atoms with E-state index in [1.807, 2.05) is 43.3 Å². The van der Waals surface area contributed by atoms with Gasteiger partial charge in [0.15, 0.2) is 0 Å². The number of carbonyl (C=O) groups excluding carboxylic acids is 2. The molecule has 0 atom stereocenters. The first kappa shape index (κ1) is 19.1. The number of aromatic nitrogens is 1. The van der Waals surface area contributed by atoms with Crippen LogP contribution in [0.2, 0.25) is 0 Å². The third-order valence-electron chi connectivity index (χ3n) is 4.13. The number of hydrogen-bond acceptors (Lipinski definition) is 4. The topological polar surface area (TPSA) is 83.1 Å². The Hall–Kier alpha value is -3.67. The molecule has 0 aliphatic heterocycles. The molecule has 2 amide bonds. The van der Waals surface area contributed by atoms with Crippen LogP contribution in [0.25, 0.3) is 0 Å². The van der Waals surface area contributed by atoms with E-state index >= 15 is 0 Å². The third-order valence-corrected chi connectivity index (χ3v) is 4.13. The quantitative estimate of drug-likeness (QED) is 0.589. The summed E-state index contributed by atoms with van der Waals surface area (Å²) in [4.78, 5) is 27.9. The minimum Gasteiger partial charge on any atom is -0.355 e. The van der Waals surface area contributed by atoms with Gasteiger partial charge in [-0.25, -0.2) is 0 Å². The van der Waals surface area contributed by atoms with Gasteiger partial charge in [0, 0.05) is 35.9 Å². The van der Waals surface area contributed by atoms with Gasteiger partial charge in [0.05, 0.1) is 0 Å². The normalized spacial score (nSPS) is 10.2. The average molecular weight is 374 g/mol. The molecule has 142 valence electrons. The van der Waals surface area contributed by atoms with Gasteiger partial charge < -0.3 is 16.0 Å². The molecule has 1 heterocycles. The summed E-state index contributed by atoms with van der Waals surface area (Å²) in [6.07, 6.45) is 2.43. The van der Waals surface area contributed by atoms with Gasteiger partial charge in [0.1, 0.15) is 5.69 Å². The summed E-state index contributed by atoms with van der Waals surface area (Å²) in [5, 5.41) is 8.88. The third kappa shape index (κ3) is 4.94. The maximum absolute atomic E-state index is 12.6. The van der Waals surface area contributed by atoms with Gasteiger partial charge in [0.2, 0.25) is 5.91 Å². The van der Waals surface area contributed by atoms with E-state index in [0.717, 1.165) is 34.7 Å². The summed E-state index contributed by atoms with van der Waals surface area (Å²) in [6.45, 7) is 3.51. The zero-order valence-electron chi connectivity index (χ0n) is 15.8. The van der Waals surface area contributed by atoms with Crippen LogP contribution in [0.1, 0.15) is 29.9 Å². The fourth-order valence-electron chi connectivity index (χ4n) is 2.78. The molecule has 3 aromatic rings. The van der Waals surface area contributed by atoms with Crippen molar-refractivity contribution >= 4 is 34.6 Å². The molecule has 0 spiro atoms. The highest BCUT2D eigenvalue weighted by Crippen LogP contribution is 2.20. The Morgan fingerprint density at radius 1 is 0.893 bits per heavy atom. The average Bonchev–Trinajstić information content (AvgIpc) is 2.70. The van der Waals surface area contributed by atoms with Crippen molar-refractivity contribution in [3.05, 3.63) is 78.1 Å². The molecule has 0 saturated carbocycles. The molecule has 0 radical (unpaired) electrons. The zero-order chi connectivity index (χ0) is 19.9. The Morgan fingerprint density at radius 2 is 1.61 bits per heavy atom. The first-order valence-electron chi connectivity index (χ1n) is 9.05. The first-order chi connectivity index (χ1) is 13.5. The lowest BCUT2D eigenvalue weighted by Gasteiger charge is -2.11. The summed E-state index contributed by atoms with van der Waals surface area (Å²) in [7, 11) is 0. The number of para-hydroxylation sites is 1. The SMILES string of the molecule is CCc1ccccc1NC(=O)c1cc(Nc2ccc(NC(C)=O)cc2)ccn1. The number of nitrogens with zero attached hydrogens (tertiary/aromatic N) is 1. The molecule has 2 aromatic carbocycles. The number of anilines is 4. The Morgan fingerprint density at radius 3 is 2.32 bits per heavy atom. The van der Waals surface area contributed by atoms with Gasteiger partial charge in [-0.05, 0) is 54.4 Å². The lowest BCUT2D eigenvalue weighted by Crippen LogP contribution is -2.15. The van der Waals surface area contributed by atoms with Crippen molar-refractivity contribution in [3.8, 4) is 0 Å². The molecule has 0 bridgehead atoms. The molecule has 3 rings (SSSR count). The van der Waals surface area contributed by atoms with Gasteiger partial charge in [-0.2, -0.15) is 0 Å². The fourth-order valence-corrected chi connectivity index (χ4v) is 2.78. The van der Waals surface area contributed by atoms with Crippen molar-refractivity contribution in [1.82, 2.24) is 4.98 Å². The van der Waals surface area contributed by atoms with Crippen LogP contribution in [-0.4, -0.2) is 16.8 Å². The molecule has 6 heteroatoms. The maximum atomic E-state index is 12.6. The van der Waals surface area contributed by atoms with Crippen LogP contribution in [0.4, 0.5) is 22.7 Å². The lowest BCUT2D eigenvalue weighted by atomic mass is 10.1. The van der Waals surface area contributed by atoms with E-state index in [-0.39, 0.29) is 11.8 Å². The van der Waals surface area contributed by atoms with E-state index in [9.17, 15) is 9.59 Å². The second-order valence-electron chi connectivity index (χ2n) is 6.28. The highest BCUT2D eigenvalue weighted by Gasteiger charge is 2.10. The number of hydrogen-bond donors (Lipinski definition) is 3. The van der Waals surface area contributed by atoms with Crippen LogP contribution >= 0.6 is 0 Å². The van der Waals surface area contributed by atoms with Crippen LogP contribution in [0, 0.1) is 0 Å². The highest BCUT2D eigenvalue weighted by atomic mass is 16.2. The summed E-state index contributed by atoms with van der Waals surface area (Å²) < 4.78 is 0. The van der Waals surface area contributed by atoms with Crippen molar-refractivity contribution in [1.29, 1.82) is 0 Å². The molecule has 3 N–H and O–H groups in total. The molecule has 0 fully saturated rings. The Balaban J connectivity index is 1.71. The van der Waals surface area contributed by atoms with E-state index in [1.54, 1.807) is 30.5 Å². The highest BCUT2D eigenvalue weighted by molar-refractivity contribution is 6.03. The van der Waals surface area contributed by atoms with Crippen LogP contribution in [-0.2, 0) is 11.2 Å². The molecule has 0 unspecified atom stereocenters. The second kappa shape index (κ2) is 8.81. The van der Waals surface area contributed by atoms with Gasteiger partial charge in [-0.3, -0.25) is 14.6 Å². The van der Waals surface area contributed by atoms with Crippen LogP contribution in [0.5, 0.6) is 0 Å². The molecule has 0 aliphatic carbocycles. The predicted octanol–water partition coefficient (Wildman–Crippen LogP) is 4.60. The predicted molar refractivity (Wildman–Crippen MR) is 112 cm³/mol. The monoisotopic (exact) mass is 374 g/mol. The van der Waals surface area contributed by atoms with Crippen molar-refractivity contribution in [2.75, 3.05) is 16.0 Å². The minimum absolute atomic E-state index is 0.116. The largest absolute Gasteiger partial charge is 0.355 e. The van der Waals surface area contributed by atoms with Gasteiger partial charge in [0.25, 0.3) is 5.91 Å². The van der Waals surface area contributed by atoms with E-state index in [0.29, 0.717) is 5.69 Å². The lowest BCUT2D eigenvalue weighted by molar-refractivity contribution is -0.114. The van der Waals surface area contributed by atoms with Crippen molar-refractivity contribution in [2.45, 2.75) is 20.3 Å². The van der Waals surface area contributed by atoms with Gasteiger partial charge >= 0.3 is 0 Å². The van der Waals surface area contributed by atoms with Gasteiger partial charge in [-0.15, -0.1) is 0 Å². The number of amides is 2. The molecular weight excluding hydrogens is 352 g/mol. The van der Waals surface area contributed by atoms with E-state index in [4.69, 9.17) is 0 Å². The number of rotatable bonds is 6. The van der Waals surface area contributed by atoms with Crippen molar-refractivity contribution in [3.63, 3.8) is 0 Å². The molecule has 6 nitrogen and oxygen atoms in total. The van der Waals surface area contributed by atoms with Crippen LogP contribution < -0.4 is 16.0 Å². The van der Waals surface area contributed by atoms with Crippen molar-refractivity contribution < 1.29 is 9.59 Å². The minimum atomic E-state index is -0.259. The number of aryl methyl sites for hydroxylation is 1.